The van der Waals surface area contributed by atoms with Crippen LogP contribution in [0, 0.1) is 19.3 Å². The van der Waals surface area contributed by atoms with Crippen LogP contribution in [-0.2, 0) is 14.8 Å². The van der Waals surface area contributed by atoms with E-state index in [4.69, 9.17) is 9.15 Å². The van der Waals surface area contributed by atoms with Gasteiger partial charge in [-0.2, -0.15) is 0 Å². The second-order valence-electron chi connectivity index (χ2n) is 6.86. The van der Waals surface area contributed by atoms with E-state index in [9.17, 15) is 13.2 Å². The first kappa shape index (κ1) is 19.0. The van der Waals surface area contributed by atoms with Crippen molar-refractivity contribution in [2.45, 2.75) is 51.5 Å². The lowest BCUT2D eigenvalue weighted by molar-refractivity contribution is 0.0594. The molecule has 1 aromatic heterocycles. The fraction of sp³-hybridized carbons (Fsp3) is 0.688. The average molecular weight is 358 g/mol. The number of furan rings is 1. The number of piperidine rings is 1. The van der Waals surface area contributed by atoms with E-state index < -0.39 is 16.0 Å². The Morgan fingerprint density at radius 2 is 2.04 bits per heavy atom. The Bertz CT molecular complexity index is 721. The summed E-state index contributed by atoms with van der Waals surface area (Å²) in [6.45, 7) is 8.42. The van der Waals surface area contributed by atoms with Crippen molar-refractivity contribution in [1.29, 1.82) is 0 Å². The van der Waals surface area contributed by atoms with Gasteiger partial charge in [-0.25, -0.2) is 17.9 Å². The molecule has 24 heavy (non-hydrogen) atoms. The predicted molar refractivity (Wildman–Crippen MR) is 89.5 cm³/mol. The van der Waals surface area contributed by atoms with Crippen LogP contribution in [0.5, 0.6) is 0 Å². The third-order valence-corrected chi connectivity index (χ3v) is 6.25. The number of nitrogens with one attached hydrogen (secondary N) is 2. The van der Waals surface area contributed by atoms with Crippen molar-refractivity contribution in [3.63, 3.8) is 0 Å². The molecule has 1 aromatic rings. The molecule has 2 heterocycles. The van der Waals surface area contributed by atoms with Crippen molar-refractivity contribution in [3.8, 4) is 0 Å². The maximum absolute atomic E-state index is 12.8. The van der Waals surface area contributed by atoms with E-state index in [1.54, 1.807) is 6.92 Å². The number of esters is 1. The molecule has 1 aliphatic heterocycles. The van der Waals surface area contributed by atoms with Gasteiger partial charge in [0.05, 0.1) is 7.11 Å². The van der Waals surface area contributed by atoms with Crippen LogP contribution in [0.2, 0.25) is 0 Å². The van der Waals surface area contributed by atoms with Crippen LogP contribution in [0.15, 0.2) is 9.31 Å². The van der Waals surface area contributed by atoms with E-state index in [2.05, 4.69) is 23.9 Å². The maximum atomic E-state index is 12.8. The van der Waals surface area contributed by atoms with Gasteiger partial charge >= 0.3 is 5.97 Å². The minimum absolute atomic E-state index is 0.00664. The molecule has 1 atom stereocenters. The summed E-state index contributed by atoms with van der Waals surface area (Å²) >= 11 is 0. The molecule has 0 amide bonds. The second kappa shape index (κ2) is 6.85. The molecule has 0 aliphatic carbocycles. The first-order chi connectivity index (χ1) is 11.1. The molecule has 1 saturated heterocycles. The molecule has 0 aromatic carbocycles. The highest BCUT2D eigenvalue weighted by atomic mass is 32.2. The number of hydrogen-bond donors (Lipinski definition) is 2. The molecule has 2 rings (SSSR count). The highest BCUT2D eigenvalue weighted by Crippen LogP contribution is 2.31. The van der Waals surface area contributed by atoms with Crippen LogP contribution >= 0.6 is 0 Å². The van der Waals surface area contributed by atoms with E-state index in [0.29, 0.717) is 0 Å². The van der Waals surface area contributed by atoms with Crippen molar-refractivity contribution in [2.75, 3.05) is 20.2 Å². The highest BCUT2D eigenvalue weighted by molar-refractivity contribution is 7.89. The molecular formula is C16H26N2O5S. The van der Waals surface area contributed by atoms with E-state index >= 15 is 0 Å². The number of ether oxygens (including phenoxy) is 1. The highest BCUT2D eigenvalue weighted by Gasteiger charge is 2.35. The van der Waals surface area contributed by atoms with Gasteiger partial charge in [0.2, 0.25) is 10.0 Å². The summed E-state index contributed by atoms with van der Waals surface area (Å²) in [5.41, 5.74) is -0.0498. The number of carbonyl (C=O) groups excluding carboxylic acids is 1. The number of methoxy groups -OCH3 is 1. The van der Waals surface area contributed by atoms with Crippen molar-refractivity contribution in [2.24, 2.45) is 5.41 Å². The summed E-state index contributed by atoms with van der Waals surface area (Å²) in [4.78, 5) is 11.8. The molecule has 7 nitrogen and oxygen atoms in total. The summed E-state index contributed by atoms with van der Waals surface area (Å²) in [5.74, 6) is -0.312. The lowest BCUT2D eigenvalue weighted by atomic mass is 9.78. The monoisotopic (exact) mass is 358 g/mol. The largest absolute Gasteiger partial charge is 0.465 e. The standard InChI is InChI=1S/C16H26N2O5S/c1-10-13(15(19)22-5)14(11(2)23-10)24(20,21)18-9-12-16(3,4)7-6-8-17-12/h12,17-18H,6-9H2,1-5H3. The SMILES string of the molecule is COC(=O)c1c(C)oc(C)c1S(=O)(=O)NCC1NCCCC1(C)C. The first-order valence-electron chi connectivity index (χ1n) is 8.01. The van der Waals surface area contributed by atoms with Crippen LogP contribution in [-0.4, -0.2) is 40.6 Å². The molecule has 0 radical (unpaired) electrons. The van der Waals surface area contributed by atoms with E-state index in [1.807, 2.05) is 0 Å². The third kappa shape index (κ3) is 3.65. The Balaban J connectivity index is 2.27. The van der Waals surface area contributed by atoms with Crippen LogP contribution in [0.1, 0.15) is 48.6 Å². The smallest absolute Gasteiger partial charge is 0.342 e. The predicted octanol–water partition coefficient (Wildman–Crippen LogP) is 1.74. The van der Waals surface area contributed by atoms with E-state index in [0.717, 1.165) is 19.4 Å². The summed E-state index contributed by atoms with van der Waals surface area (Å²) < 4.78 is 38.2. The summed E-state index contributed by atoms with van der Waals surface area (Å²) in [6, 6.07) is 0.0240. The van der Waals surface area contributed by atoms with Crippen LogP contribution < -0.4 is 10.0 Å². The Hall–Kier alpha value is -1.38. The topological polar surface area (TPSA) is 97.6 Å². The molecular weight excluding hydrogens is 332 g/mol. The molecule has 1 unspecified atom stereocenters. The zero-order valence-corrected chi connectivity index (χ0v) is 15.7. The van der Waals surface area contributed by atoms with Crippen LogP contribution in [0.4, 0.5) is 0 Å². The Morgan fingerprint density at radius 3 is 2.62 bits per heavy atom. The number of rotatable bonds is 5. The lowest BCUT2D eigenvalue weighted by Gasteiger charge is -2.39. The van der Waals surface area contributed by atoms with Gasteiger partial charge in [-0.15, -0.1) is 0 Å². The molecule has 0 saturated carbocycles. The minimum atomic E-state index is -3.89. The third-order valence-electron chi connectivity index (χ3n) is 4.67. The maximum Gasteiger partial charge on any atom is 0.342 e. The Kier molecular flexibility index (Phi) is 5.41. The molecule has 0 bridgehead atoms. The van der Waals surface area contributed by atoms with Crippen molar-refractivity contribution < 1.29 is 22.4 Å². The van der Waals surface area contributed by atoms with Gasteiger partial charge in [-0.1, -0.05) is 13.8 Å². The summed E-state index contributed by atoms with van der Waals surface area (Å²) in [5, 5.41) is 3.36. The van der Waals surface area contributed by atoms with Crippen LogP contribution in [0.3, 0.4) is 0 Å². The quantitative estimate of drug-likeness (QED) is 0.778. The zero-order valence-electron chi connectivity index (χ0n) is 14.9. The van der Waals surface area contributed by atoms with Crippen molar-refractivity contribution in [1.82, 2.24) is 10.0 Å². The van der Waals surface area contributed by atoms with Crippen LogP contribution in [0.25, 0.3) is 0 Å². The van der Waals surface area contributed by atoms with Gasteiger partial charge in [-0.3, -0.25) is 0 Å². The number of hydrogen-bond acceptors (Lipinski definition) is 6. The molecule has 1 fully saturated rings. The van der Waals surface area contributed by atoms with Gasteiger partial charge in [-0.05, 0) is 38.6 Å². The fourth-order valence-corrected chi connectivity index (χ4v) is 4.66. The summed E-state index contributed by atoms with van der Waals surface area (Å²) in [7, 11) is -2.68. The van der Waals surface area contributed by atoms with Gasteiger partial charge in [0, 0.05) is 12.6 Å². The van der Waals surface area contributed by atoms with Crippen molar-refractivity contribution >= 4 is 16.0 Å². The number of carbonyl (C=O) groups is 1. The van der Waals surface area contributed by atoms with E-state index in [1.165, 1.54) is 14.0 Å². The lowest BCUT2D eigenvalue weighted by Crippen LogP contribution is -2.52. The molecule has 0 spiro atoms. The normalized spacial score (nSPS) is 20.8. The number of sulfonamides is 1. The zero-order chi connectivity index (χ0) is 18.1. The number of aryl methyl sites for hydroxylation is 2. The first-order valence-corrected chi connectivity index (χ1v) is 9.50. The van der Waals surface area contributed by atoms with Gasteiger partial charge in [0.1, 0.15) is 22.0 Å². The Morgan fingerprint density at radius 1 is 1.38 bits per heavy atom. The molecule has 1 aliphatic rings. The molecule has 136 valence electrons. The average Bonchev–Trinajstić information content (AvgIpc) is 2.80. The van der Waals surface area contributed by atoms with Crippen molar-refractivity contribution in [3.05, 3.63) is 17.1 Å². The fourth-order valence-electron chi connectivity index (χ4n) is 3.21. The van der Waals surface area contributed by atoms with Gasteiger partial charge in [0.15, 0.2) is 0 Å². The molecule has 8 heteroatoms. The van der Waals surface area contributed by atoms with Gasteiger partial charge < -0.3 is 14.5 Å². The molecule has 2 N–H and O–H groups in total. The Labute approximate surface area is 143 Å². The second-order valence-corrected chi connectivity index (χ2v) is 8.56. The van der Waals surface area contributed by atoms with Gasteiger partial charge in [0.25, 0.3) is 0 Å². The van der Waals surface area contributed by atoms with E-state index in [-0.39, 0.29) is 40.0 Å². The minimum Gasteiger partial charge on any atom is -0.465 e. The summed E-state index contributed by atoms with van der Waals surface area (Å²) in [6.07, 6.45) is 2.10.